The lowest BCUT2D eigenvalue weighted by atomic mass is 10.0. The average Bonchev–Trinajstić information content (AvgIpc) is 3.04. The molecule has 1 aromatic rings. The zero-order valence-electron chi connectivity index (χ0n) is 14.1. The first-order chi connectivity index (χ1) is 10.7. The molecule has 0 aliphatic carbocycles. The number of nitrogens with one attached hydrogen (secondary N) is 2. The number of morpholine rings is 1. The van der Waals surface area contributed by atoms with Crippen molar-refractivity contribution in [3.05, 3.63) is 18.0 Å². The van der Waals surface area contributed by atoms with E-state index in [1.54, 1.807) is 13.3 Å². The Hall–Kier alpha value is -0.870. The van der Waals surface area contributed by atoms with Crippen LogP contribution in [0.5, 0.6) is 0 Å². The molecule has 1 aliphatic heterocycles. The zero-order valence-corrected chi connectivity index (χ0v) is 16.4. The summed E-state index contributed by atoms with van der Waals surface area (Å²) in [6.07, 6.45) is 1.57. The Balaban J connectivity index is 0.00000264. The van der Waals surface area contributed by atoms with Crippen LogP contribution in [0.3, 0.4) is 0 Å². The van der Waals surface area contributed by atoms with Crippen molar-refractivity contribution in [2.24, 2.45) is 10.9 Å². The summed E-state index contributed by atoms with van der Waals surface area (Å²) >= 11 is 0. The second kappa shape index (κ2) is 10.8. The fourth-order valence-corrected chi connectivity index (χ4v) is 2.62. The van der Waals surface area contributed by atoms with E-state index in [-0.39, 0.29) is 24.0 Å². The van der Waals surface area contributed by atoms with Gasteiger partial charge in [0, 0.05) is 38.8 Å². The normalized spacial score (nSPS) is 17.7. The smallest absolute Gasteiger partial charge is 0.191 e. The van der Waals surface area contributed by atoms with Crippen molar-refractivity contribution in [1.82, 2.24) is 20.7 Å². The zero-order chi connectivity index (χ0) is 15.8. The molecule has 1 unspecified atom stereocenters. The lowest BCUT2D eigenvalue weighted by Crippen LogP contribution is -2.52. The number of ether oxygens (including phenoxy) is 1. The maximum Gasteiger partial charge on any atom is 0.191 e. The van der Waals surface area contributed by atoms with Gasteiger partial charge in [0.25, 0.3) is 0 Å². The maximum atomic E-state index is 5.44. The van der Waals surface area contributed by atoms with Crippen LogP contribution >= 0.6 is 24.0 Å². The molecule has 2 heterocycles. The Morgan fingerprint density at radius 2 is 2.09 bits per heavy atom. The van der Waals surface area contributed by atoms with Crippen molar-refractivity contribution in [2.45, 2.75) is 26.4 Å². The second-order valence-electron chi connectivity index (χ2n) is 5.76. The van der Waals surface area contributed by atoms with Crippen molar-refractivity contribution < 1.29 is 9.26 Å². The number of halogens is 1. The molecule has 0 radical (unpaired) electrons. The topological polar surface area (TPSA) is 74.9 Å². The minimum absolute atomic E-state index is 0. The summed E-state index contributed by atoms with van der Waals surface area (Å²) in [5, 5.41) is 10.5. The highest BCUT2D eigenvalue weighted by atomic mass is 127. The van der Waals surface area contributed by atoms with E-state index in [4.69, 9.17) is 9.26 Å². The third kappa shape index (κ3) is 6.64. The third-order valence-corrected chi connectivity index (χ3v) is 3.91. The molecule has 1 aliphatic rings. The lowest BCUT2D eigenvalue weighted by Gasteiger charge is -2.37. The summed E-state index contributed by atoms with van der Waals surface area (Å²) in [4.78, 5) is 6.75. The molecule has 2 rings (SSSR count). The fourth-order valence-electron chi connectivity index (χ4n) is 2.62. The van der Waals surface area contributed by atoms with Gasteiger partial charge in [-0.1, -0.05) is 19.0 Å². The van der Waals surface area contributed by atoms with Crippen molar-refractivity contribution >= 4 is 29.9 Å². The number of hydrogen-bond donors (Lipinski definition) is 2. The van der Waals surface area contributed by atoms with Gasteiger partial charge >= 0.3 is 0 Å². The van der Waals surface area contributed by atoms with E-state index in [2.05, 4.69) is 39.5 Å². The van der Waals surface area contributed by atoms with Gasteiger partial charge in [-0.2, -0.15) is 0 Å². The minimum Gasteiger partial charge on any atom is -0.379 e. The predicted molar refractivity (Wildman–Crippen MR) is 101 cm³/mol. The molecule has 1 atom stereocenters. The highest BCUT2D eigenvalue weighted by Gasteiger charge is 2.23. The van der Waals surface area contributed by atoms with Crippen molar-refractivity contribution in [3.63, 3.8) is 0 Å². The van der Waals surface area contributed by atoms with Gasteiger partial charge in [0.2, 0.25) is 0 Å². The highest BCUT2D eigenvalue weighted by Crippen LogP contribution is 2.12. The molecule has 1 saturated heterocycles. The van der Waals surface area contributed by atoms with Gasteiger partial charge in [-0.15, -0.1) is 24.0 Å². The molecule has 23 heavy (non-hydrogen) atoms. The summed E-state index contributed by atoms with van der Waals surface area (Å²) in [6, 6.07) is 2.31. The molecule has 0 aromatic carbocycles. The van der Waals surface area contributed by atoms with Crippen LogP contribution in [0.1, 0.15) is 19.5 Å². The number of nitrogens with zero attached hydrogens (tertiary/aromatic N) is 3. The Kier molecular flexibility index (Phi) is 9.49. The summed E-state index contributed by atoms with van der Waals surface area (Å²) in [6.45, 7) is 9.60. The maximum absolute atomic E-state index is 5.44. The van der Waals surface area contributed by atoms with Gasteiger partial charge in [-0.05, 0) is 5.92 Å². The molecule has 1 aromatic heterocycles. The molecule has 0 spiro atoms. The predicted octanol–water partition coefficient (Wildman–Crippen LogP) is 1.31. The van der Waals surface area contributed by atoms with Crippen LogP contribution in [0.25, 0.3) is 0 Å². The second-order valence-corrected chi connectivity index (χ2v) is 5.76. The van der Waals surface area contributed by atoms with E-state index < -0.39 is 0 Å². The fraction of sp³-hybridized carbons (Fsp3) is 0.733. The SMILES string of the molecule is CN=C(NCc1ccon1)NCC(C(C)C)N1CCOCC1.I. The van der Waals surface area contributed by atoms with Crippen LogP contribution in [0.15, 0.2) is 21.8 Å². The van der Waals surface area contributed by atoms with Crippen LogP contribution in [0, 0.1) is 5.92 Å². The van der Waals surface area contributed by atoms with Crippen LogP contribution in [0.4, 0.5) is 0 Å². The minimum atomic E-state index is 0. The van der Waals surface area contributed by atoms with E-state index in [1.165, 1.54) is 0 Å². The molecular formula is C15H28IN5O2. The van der Waals surface area contributed by atoms with E-state index in [9.17, 15) is 0 Å². The van der Waals surface area contributed by atoms with Gasteiger partial charge in [-0.3, -0.25) is 9.89 Å². The van der Waals surface area contributed by atoms with Crippen molar-refractivity contribution in [2.75, 3.05) is 39.9 Å². The molecule has 2 N–H and O–H groups in total. The van der Waals surface area contributed by atoms with Gasteiger partial charge in [0.15, 0.2) is 5.96 Å². The van der Waals surface area contributed by atoms with Gasteiger partial charge in [0.05, 0.1) is 19.8 Å². The molecule has 0 saturated carbocycles. The average molecular weight is 437 g/mol. The standard InChI is InChI=1S/C15H27N5O2.HI/c1-12(2)14(20-5-8-21-9-6-20)11-18-15(16-3)17-10-13-4-7-22-19-13;/h4,7,12,14H,5-6,8-11H2,1-3H3,(H2,16,17,18);1H. The number of aromatic nitrogens is 1. The van der Waals surface area contributed by atoms with Crippen LogP contribution < -0.4 is 10.6 Å². The number of guanidine groups is 1. The quantitative estimate of drug-likeness (QED) is 0.397. The number of aliphatic imine (C=N–C) groups is 1. The van der Waals surface area contributed by atoms with E-state index in [0.29, 0.717) is 18.5 Å². The first-order valence-electron chi connectivity index (χ1n) is 7.86. The molecule has 0 amide bonds. The van der Waals surface area contributed by atoms with Crippen LogP contribution in [-0.2, 0) is 11.3 Å². The Morgan fingerprint density at radius 1 is 1.35 bits per heavy atom. The summed E-state index contributed by atoms with van der Waals surface area (Å²) in [7, 11) is 1.78. The first kappa shape index (κ1) is 20.2. The molecule has 0 bridgehead atoms. The Labute approximate surface area is 155 Å². The molecule has 8 heteroatoms. The lowest BCUT2D eigenvalue weighted by molar-refractivity contribution is 0.00752. The van der Waals surface area contributed by atoms with Crippen LogP contribution in [-0.4, -0.2) is 62.0 Å². The summed E-state index contributed by atoms with van der Waals surface area (Å²) < 4.78 is 10.3. The molecule has 1 fully saturated rings. The molecular weight excluding hydrogens is 409 g/mol. The summed E-state index contributed by atoms with van der Waals surface area (Å²) in [5.41, 5.74) is 0.858. The van der Waals surface area contributed by atoms with Gasteiger partial charge in [-0.25, -0.2) is 0 Å². The van der Waals surface area contributed by atoms with Crippen molar-refractivity contribution in [3.8, 4) is 0 Å². The first-order valence-corrected chi connectivity index (χ1v) is 7.86. The van der Waals surface area contributed by atoms with Gasteiger partial charge in [0.1, 0.15) is 12.0 Å². The number of hydrogen-bond acceptors (Lipinski definition) is 5. The Bertz CT molecular complexity index is 447. The van der Waals surface area contributed by atoms with Gasteiger partial charge < -0.3 is 19.9 Å². The van der Waals surface area contributed by atoms with E-state index >= 15 is 0 Å². The van der Waals surface area contributed by atoms with Crippen LogP contribution in [0.2, 0.25) is 0 Å². The number of rotatable bonds is 6. The van der Waals surface area contributed by atoms with E-state index in [0.717, 1.165) is 44.5 Å². The molecule has 132 valence electrons. The third-order valence-electron chi connectivity index (χ3n) is 3.91. The van der Waals surface area contributed by atoms with E-state index in [1.807, 2.05) is 6.07 Å². The van der Waals surface area contributed by atoms with Crippen molar-refractivity contribution in [1.29, 1.82) is 0 Å². The largest absolute Gasteiger partial charge is 0.379 e. The monoisotopic (exact) mass is 437 g/mol. The Morgan fingerprint density at radius 3 is 2.65 bits per heavy atom. The molecule has 7 nitrogen and oxygen atoms in total. The highest BCUT2D eigenvalue weighted by molar-refractivity contribution is 14.0. The summed E-state index contributed by atoms with van der Waals surface area (Å²) in [5.74, 6) is 1.35.